The predicted molar refractivity (Wildman–Crippen MR) is 77.5 cm³/mol. The summed E-state index contributed by atoms with van der Waals surface area (Å²) in [5.41, 5.74) is -1.42. The van der Waals surface area contributed by atoms with E-state index in [4.69, 9.17) is 4.74 Å². The molecule has 1 aromatic carbocycles. The van der Waals surface area contributed by atoms with Gasteiger partial charge in [-0.25, -0.2) is 0 Å². The molecule has 0 radical (unpaired) electrons. The standard InChI is InChI=1S/C14H12F3N3O2S/c15-14(16,17)10-4-2-1-3-9(10)11(21)18-13-20-19-12(23-13)8-5-6-22-7-8/h1-4,8H,5-7H2,(H,18,20,21). The Kier molecular flexibility index (Phi) is 4.31. The van der Waals surface area contributed by atoms with E-state index in [0.717, 1.165) is 29.9 Å². The van der Waals surface area contributed by atoms with E-state index in [0.29, 0.717) is 18.2 Å². The summed E-state index contributed by atoms with van der Waals surface area (Å²) in [5, 5.41) is 11.1. The Labute approximate surface area is 133 Å². The van der Waals surface area contributed by atoms with Crippen LogP contribution in [0.15, 0.2) is 24.3 Å². The molecule has 2 heterocycles. The van der Waals surface area contributed by atoms with Crippen LogP contribution in [-0.4, -0.2) is 29.3 Å². The summed E-state index contributed by atoms with van der Waals surface area (Å²) in [6.07, 6.45) is -3.78. The van der Waals surface area contributed by atoms with Crippen molar-refractivity contribution in [1.82, 2.24) is 10.2 Å². The van der Waals surface area contributed by atoms with E-state index >= 15 is 0 Å². The smallest absolute Gasteiger partial charge is 0.381 e. The molecule has 5 nitrogen and oxygen atoms in total. The number of nitrogens with zero attached hydrogens (tertiary/aromatic N) is 2. The van der Waals surface area contributed by atoms with Crippen molar-refractivity contribution in [3.63, 3.8) is 0 Å². The lowest BCUT2D eigenvalue weighted by Crippen LogP contribution is -2.18. The largest absolute Gasteiger partial charge is 0.417 e. The summed E-state index contributed by atoms with van der Waals surface area (Å²) < 4.78 is 44.1. The van der Waals surface area contributed by atoms with Crippen LogP contribution in [0.25, 0.3) is 0 Å². The number of nitrogens with one attached hydrogen (secondary N) is 1. The zero-order valence-corrected chi connectivity index (χ0v) is 12.6. The Balaban J connectivity index is 1.77. The number of benzene rings is 1. The van der Waals surface area contributed by atoms with Crippen molar-refractivity contribution >= 4 is 22.4 Å². The van der Waals surface area contributed by atoms with Gasteiger partial charge in [-0.15, -0.1) is 10.2 Å². The Hall–Kier alpha value is -2.00. The molecular formula is C14H12F3N3O2S. The Morgan fingerprint density at radius 3 is 2.78 bits per heavy atom. The zero-order valence-electron chi connectivity index (χ0n) is 11.8. The van der Waals surface area contributed by atoms with Crippen LogP contribution in [-0.2, 0) is 10.9 Å². The molecule has 0 saturated carbocycles. The van der Waals surface area contributed by atoms with Gasteiger partial charge in [-0.1, -0.05) is 23.5 Å². The van der Waals surface area contributed by atoms with Gasteiger partial charge in [-0.3, -0.25) is 10.1 Å². The molecule has 1 aliphatic heterocycles. The second-order valence-corrected chi connectivity index (χ2v) is 6.01. The predicted octanol–water partition coefficient (Wildman–Crippen LogP) is 3.31. The molecule has 0 spiro atoms. The summed E-state index contributed by atoms with van der Waals surface area (Å²) in [6.45, 7) is 1.18. The number of halogens is 3. The van der Waals surface area contributed by atoms with Gasteiger partial charge in [0.05, 0.1) is 17.7 Å². The molecule has 1 aliphatic rings. The van der Waals surface area contributed by atoms with Gasteiger partial charge >= 0.3 is 6.18 Å². The molecule has 2 aromatic rings. The molecular weight excluding hydrogens is 331 g/mol. The summed E-state index contributed by atoms with van der Waals surface area (Å²) in [6, 6.07) is 4.62. The molecule has 1 N–H and O–H groups in total. The minimum Gasteiger partial charge on any atom is -0.381 e. The molecule has 0 bridgehead atoms. The summed E-state index contributed by atoms with van der Waals surface area (Å²) >= 11 is 1.15. The Morgan fingerprint density at radius 1 is 1.30 bits per heavy atom. The molecule has 1 atom stereocenters. The van der Waals surface area contributed by atoms with Crippen molar-refractivity contribution < 1.29 is 22.7 Å². The summed E-state index contributed by atoms with van der Waals surface area (Å²) in [7, 11) is 0. The van der Waals surface area contributed by atoms with E-state index in [9.17, 15) is 18.0 Å². The maximum Gasteiger partial charge on any atom is 0.417 e. The lowest BCUT2D eigenvalue weighted by molar-refractivity contribution is -0.137. The number of carbonyl (C=O) groups excluding carboxylic acids is 1. The first kappa shape index (κ1) is 15.9. The van der Waals surface area contributed by atoms with Crippen molar-refractivity contribution in [2.75, 3.05) is 18.5 Å². The van der Waals surface area contributed by atoms with Crippen LogP contribution in [0.4, 0.5) is 18.3 Å². The van der Waals surface area contributed by atoms with Crippen LogP contribution >= 0.6 is 11.3 Å². The topological polar surface area (TPSA) is 64.1 Å². The van der Waals surface area contributed by atoms with E-state index in [1.54, 1.807) is 0 Å². The van der Waals surface area contributed by atoms with Crippen LogP contribution in [0.1, 0.15) is 33.3 Å². The SMILES string of the molecule is O=C(Nc1nnc(C2CCOC2)s1)c1ccccc1C(F)(F)F. The third kappa shape index (κ3) is 3.50. The maximum absolute atomic E-state index is 12.9. The van der Waals surface area contributed by atoms with Crippen LogP contribution in [0.3, 0.4) is 0 Å². The molecule has 3 rings (SSSR count). The normalized spacial score (nSPS) is 18.1. The molecule has 9 heteroatoms. The first-order valence-corrected chi connectivity index (χ1v) is 7.65. The average Bonchev–Trinajstić information content (AvgIpc) is 3.17. The fourth-order valence-corrected chi connectivity index (χ4v) is 3.13. The third-order valence-electron chi connectivity index (χ3n) is 3.42. The minimum absolute atomic E-state index is 0.126. The first-order valence-electron chi connectivity index (χ1n) is 6.84. The molecule has 0 aliphatic carbocycles. The van der Waals surface area contributed by atoms with Crippen molar-refractivity contribution in [3.8, 4) is 0 Å². The Bertz CT molecular complexity index is 711. The molecule has 1 unspecified atom stereocenters. The maximum atomic E-state index is 12.9. The van der Waals surface area contributed by atoms with E-state index in [-0.39, 0.29) is 11.0 Å². The van der Waals surface area contributed by atoms with Crippen molar-refractivity contribution in [1.29, 1.82) is 0 Å². The number of alkyl halides is 3. The van der Waals surface area contributed by atoms with E-state index in [2.05, 4.69) is 15.5 Å². The quantitative estimate of drug-likeness (QED) is 0.929. The second-order valence-electron chi connectivity index (χ2n) is 5.00. The van der Waals surface area contributed by atoms with E-state index < -0.39 is 23.2 Å². The average molecular weight is 343 g/mol. The molecule has 23 heavy (non-hydrogen) atoms. The fraction of sp³-hybridized carbons (Fsp3) is 0.357. The summed E-state index contributed by atoms with van der Waals surface area (Å²) in [4.78, 5) is 12.1. The molecule has 1 aromatic heterocycles. The van der Waals surface area contributed by atoms with Crippen molar-refractivity contribution in [2.24, 2.45) is 0 Å². The van der Waals surface area contributed by atoms with Gasteiger partial charge < -0.3 is 4.74 Å². The highest BCUT2D eigenvalue weighted by molar-refractivity contribution is 7.15. The number of carbonyl (C=O) groups is 1. The molecule has 122 valence electrons. The Morgan fingerprint density at radius 2 is 2.09 bits per heavy atom. The molecule has 1 fully saturated rings. The number of aromatic nitrogens is 2. The highest BCUT2D eigenvalue weighted by atomic mass is 32.1. The van der Waals surface area contributed by atoms with Gasteiger partial charge in [-0.05, 0) is 18.6 Å². The van der Waals surface area contributed by atoms with E-state index in [1.807, 2.05) is 0 Å². The number of anilines is 1. The highest BCUT2D eigenvalue weighted by Gasteiger charge is 2.35. The van der Waals surface area contributed by atoms with Gasteiger partial charge in [0.15, 0.2) is 0 Å². The van der Waals surface area contributed by atoms with Gasteiger partial charge in [0.1, 0.15) is 5.01 Å². The fourth-order valence-electron chi connectivity index (χ4n) is 2.27. The zero-order chi connectivity index (χ0) is 16.4. The van der Waals surface area contributed by atoms with Gasteiger partial charge in [0.25, 0.3) is 5.91 Å². The second kappa shape index (κ2) is 6.25. The highest BCUT2D eigenvalue weighted by Crippen LogP contribution is 2.33. The van der Waals surface area contributed by atoms with Gasteiger partial charge in [0, 0.05) is 12.5 Å². The minimum atomic E-state index is -4.60. The number of ether oxygens (including phenoxy) is 1. The van der Waals surface area contributed by atoms with Gasteiger partial charge in [0.2, 0.25) is 5.13 Å². The molecule has 1 saturated heterocycles. The first-order chi connectivity index (χ1) is 10.9. The van der Waals surface area contributed by atoms with E-state index in [1.165, 1.54) is 12.1 Å². The van der Waals surface area contributed by atoms with Crippen molar-refractivity contribution in [3.05, 3.63) is 40.4 Å². The third-order valence-corrected chi connectivity index (χ3v) is 4.42. The number of amides is 1. The van der Waals surface area contributed by atoms with Crippen LogP contribution < -0.4 is 5.32 Å². The lowest BCUT2D eigenvalue weighted by atomic mass is 10.1. The van der Waals surface area contributed by atoms with Crippen LogP contribution in [0, 0.1) is 0 Å². The van der Waals surface area contributed by atoms with Crippen molar-refractivity contribution in [2.45, 2.75) is 18.5 Å². The number of hydrogen-bond acceptors (Lipinski definition) is 5. The number of hydrogen-bond donors (Lipinski definition) is 1. The number of rotatable bonds is 3. The molecule has 1 amide bonds. The lowest BCUT2D eigenvalue weighted by Gasteiger charge is -2.11. The monoisotopic (exact) mass is 343 g/mol. The summed E-state index contributed by atoms with van der Waals surface area (Å²) in [5.74, 6) is -0.732. The van der Waals surface area contributed by atoms with Crippen LogP contribution in [0.2, 0.25) is 0 Å². The van der Waals surface area contributed by atoms with Crippen LogP contribution in [0.5, 0.6) is 0 Å². The van der Waals surface area contributed by atoms with Gasteiger partial charge in [-0.2, -0.15) is 13.2 Å².